The number of hydrogen-bond donors (Lipinski definition) is 6. The molecule has 1 aliphatic heterocycles. The van der Waals surface area contributed by atoms with E-state index < -0.39 is 67.4 Å². The maximum absolute atomic E-state index is 13.4. The quantitative estimate of drug-likeness (QED) is 0.0195. The van der Waals surface area contributed by atoms with Gasteiger partial charge in [0.1, 0.15) is 24.4 Å². The fourth-order valence-electron chi connectivity index (χ4n) is 9.59. The lowest BCUT2D eigenvalue weighted by molar-refractivity contribution is -0.305. The number of carbonyl (C=O) groups is 2. The van der Waals surface area contributed by atoms with Crippen molar-refractivity contribution in [3.8, 4) is 0 Å². The molecule has 1 saturated heterocycles. The van der Waals surface area contributed by atoms with Crippen LogP contribution in [-0.2, 0) is 23.8 Å². The summed E-state index contributed by atoms with van der Waals surface area (Å²) in [6, 6.07) is -1.04. The zero-order valence-electron chi connectivity index (χ0n) is 50.9. The summed E-state index contributed by atoms with van der Waals surface area (Å²) >= 11 is 0. The number of ether oxygens (including phenoxy) is 3. The van der Waals surface area contributed by atoms with Crippen LogP contribution in [0.25, 0.3) is 0 Å². The molecule has 1 rings (SSSR count). The van der Waals surface area contributed by atoms with Gasteiger partial charge in [-0.1, -0.05) is 253 Å². The predicted octanol–water partition coefficient (Wildman–Crippen LogP) is 15.9. The van der Waals surface area contributed by atoms with Crippen molar-refractivity contribution in [3.05, 3.63) is 97.2 Å². The number of unbranched alkanes of at least 4 members (excludes halogenated alkanes) is 26. The van der Waals surface area contributed by atoms with Crippen LogP contribution in [0.4, 0.5) is 0 Å². The summed E-state index contributed by atoms with van der Waals surface area (Å²) in [6.45, 7) is 5.64. The first-order valence-corrected chi connectivity index (χ1v) is 32.5. The number of carbonyl (C=O) groups excluding carboxylic acids is 2. The summed E-state index contributed by atoms with van der Waals surface area (Å²) in [5.41, 5.74) is 0. The molecule has 1 heterocycles. The fourth-order valence-corrected chi connectivity index (χ4v) is 9.59. The lowest BCUT2D eigenvalue weighted by atomic mass is 9.99. The van der Waals surface area contributed by atoms with Gasteiger partial charge in [-0.2, -0.15) is 0 Å². The highest BCUT2D eigenvalue weighted by atomic mass is 16.7. The van der Waals surface area contributed by atoms with Crippen LogP contribution >= 0.6 is 0 Å². The van der Waals surface area contributed by atoms with Crippen LogP contribution in [0.2, 0.25) is 0 Å². The zero-order chi connectivity index (χ0) is 58.2. The molecular weight excluding hydrogens is 1000 g/mol. The first-order valence-electron chi connectivity index (χ1n) is 32.5. The number of aliphatic hydroxyl groups excluding tert-OH is 5. The normalized spacial score (nSPS) is 19.4. The molecule has 1 fully saturated rings. The molecule has 0 aromatic heterocycles. The number of allylic oxidation sites excluding steroid dienone is 15. The third-order valence-corrected chi connectivity index (χ3v) is 14.7. The molecule has 0 bridgehead atoms. The Kier molecular flexibility index (Phi) is 52.3. The fraction of sp³-hybridized carbons (Fsp3) is 0.739. The van der Waals surface area contributed by atoms with Crippen molar-refractivity contribution >= 4 is 11.9 Å². The van der Waals surface area contributed by atoms with Crippen LogP contribution < -0.4 is 5.32 Å². The van der Waals surface area contributed by atoms with Gasteiger partial charge in [0.15, 0.2) is 12.4 Å². The molecule has 8 atom stereocenters. The molecule has 80 heavy (non-hydrogen) atoms. The average Bonchev–Trinajstić information content (AvgIpc) is 3.48. The Bertz CT molecular complexity index is 1670. The van der Waals surface area contributed by atoms with E-state index in [4.69, 9.17) is 14.2 Å². The molecule has 0 aromatic rings. The molecule has 11 nitrogen and oxygen atoms in total. The molecule has 1 amide bonds. The van der Waals surface area contributed by atoms with Crippen LogP contribution in [-0.4, -0.2) is 99.6 Å². The molecule has 0 spiro atoms. The molecule has 0 aromatic carbocycles. The maximum Gasteiger partial charge on any atom is 0.306 e. The SMILES string of the molecule is CC/C=C\C/C=C\C/C=C\C/C=C\C/C=C\CCCCCCCCCC(=O)OC1C(OCC(NC(=O)C(O)CCCCCCCC/C=C\C/C=C\CCCCC)C(O)/C=C/CCCCCCCCCCCC)OC(CO)C(O)C1O. The van der Waals surface area contributed by atoms with Crippen LogP contribution in [0.5, 0.6) is 0 Å². The minimum Gasteiger partial charge on any atom is -0.454 e. The molecule has 1 aliphatic rings. The van der Waals surface area contributed by atoms with E-state index in [-0.39, 0.29) is 19.4 Å². The maximum atomic E-state index is 13.4. The highest BCUT2D eigenvalue weighted by Gasteiger charge is 2.47. The van der Waals surface area contributed by atoms with Crippen LogP contribution in [0, 0.1) is 0 Å². The summed E-state index contributed by atoms with van der Waals surface area (Å²) in [7, 11) is 0. The van der Waals surface area contributed by atoms with Gasteiger partial charge in [-0.05, 0) is 103 Å². The second kappa shape index (κ2) is 56.1. The third-order valence-electron chi connectivity index (χ3n) is 14.7. The molecule has 0 aliphatic carbocycles. The number of hydrogen-bond acceptors (Lipinski definition) is 10. The first-order chi connectivity index (χ1) is 39.2. The molecule has 460 valence electrons. The standard InChI is InChI=1S/C69H119NO10/c1-4-7-10-13-16-19-22-25-27-29-30-31-32-33-34-35-37-39-42-45-48-51-54-57-64(74)80-67-66(76)65(75)63(58-71)79-69(67)78-59-60(61(72)55-52-49-46-43-40-24-21-18-15-12-9-6-3)70-68(77)62(73)56-53-50-47-44-41-38-36-28-26-23-20-17-14-11-8-5-2/h7,10,16-17,19-20,25-28,30-31,33-34,52,55,60-63,65-67,69,71-73,75-76H,4-6,8-9,11-15,18,21-24,29,32,35-51,53-54,56-59H2,1-3H3,(H,70,77)/b10-7-,19-16-,20-17-,27-25-,28-26-,31-30-,34-33-,55-52+. The van der Waals surface area contributed by atoms with Gasteiger partial charge in [0.2, 0.25) is 5.91 Å². The Balaban J connectivity index is 2.65. The number of esters is 1. The highest BCUT2D eigenvalue weighted by Crippen LogP contribution is 2.26. The van der Waals surface area contributed by atoms with E-state index in [0.717, 1.165) is 141 Å². The van der Waals surface area contributed by atoms with E-state index in [1.54, 1.807) is 6.08 Å². The molecule has 0 saturated carbocycles. The van der Waals surface area contributed by atoms with Gasteiger partial charge >= 0.3 is 5.97 Å². The number of rotatable bonds is 54. The van der Waals surface area contributed by atoms with Gasteiger partial charge in [0.05, 0.1) is 25.4 Å². The van der Waals surface area contributed by atoms with Crippen molar-refractivity contribution in [2.45, 2.75) is 314 Å². The topological polar surface area (TPSA) is 175 Å². The Morgan fingerprint density at radius 2 is 0.900 bits per heavy atom. The van der Waals surface area contributed by atoms with E-state index >= 15 is 0 Å². The molecular formula is C69H119NO10. The van der Waals surface area contributed by atoms with Crippen molar-refractivity contribution in [1.82, 2.24) is 5.32 Å². The average molecular weight is 1120 g/mol. The van der Waals surface area contributed by atoms with Gasteiger partial charge in [-0.3, -0.25) is 9.59 Å². The summed E-state index contributed by atoms with van der Waals surface area (Å²) < 4.78 is 17.6. The van der Waals surface area contributed by atoms with Gasteiger partial charge in [-0.15, -0.1) is 0 Å². The van der Waals surface area contributed by atoms with Crippen LogP contribution in [0.1, 0.15) is 265 Å². The highest BCUT2D eigenvalue weighted by molar-refractivity contribution is 5.80. The number of nitrogens with one attached hydrogen (secondary N) is 1. The summed E-state index contributed by atoms with van der Waals surface area (Å²) in [6.07, 6.45) is 64.3. The van der Waals surface area contributed by atoms with Gasteiger partial charge in [-0.25, -0.2) is 0 Å². The Morgan fingerprint density at radius 1 is 0.500 bits per heavy atom. The zero-order valence-corrected chi connectivity index (χ0v) is 50.9. The van der Waals surface area contributed by atoms with E-state index in [2.05, 4.69) is 111 Å². The second-order valence-electron chi connectivity index (χ2n) is 22.1. The monoisotopic (exact) mass is 1120 g/mol. The van der Waals surface area contributed by atoms with Crippen LogP contribution in [0.3, 0.4) is 0 Å². The van der Waals surface area contributed by atoms with Gasteiger partial charge < -0.3 is 45.1 Å². The smallest absolute Gasteiger partial charge is 0.306 e. The van der Waals surface area contributed by atoms with E-state index in [9.17, 15) is 35.1 Å². The van der Waals surface area contributed by atoms with Gasteiger partial charge in [0.25, 0.3) is 0 Å². The Morgan fingerprint density at radius 3 is 1.38 bits per heavy atom. The predicted molar refractivity (Wildman–Crippen MR) is 333 cm³/mol. The number of aliphatic hydroxyl groups is 5. The van der Waals surface area contributed by atoms with Gasteiger partial charge in [0, 0.05) is 6.42 Å². The first kappa shape index (κ1) is 74.6. The van der Waals surface area contributed by atoms with Crippen LogP contribution in [0.15, 0.2) is 97.2 Å². The summed E-state index contributed by atoms with van der Waals surface area (Å²) in [4.78, 5) is 26.6. The summed E-state index contributed by atoms with van der Waals surface area (Å²) in [5, 5.41) is 57.1. The van der Waals surface area contributed by atoms with E-state index in [0.29, 0.717) is 12.8 Å². The minimum absolute atomic E-state index is 0.105. The molecule has 8 unspecified atom stereocenters. The second-order valence-corrected chi connectivity index (χ2v) is 22.1. The van der Waals surface area contributed by atoms with Crippen molar-refractivity contribution in [1.29, 1.82) is 0 Å². The van der Waals surface area contributed by atoms with Crippen molar-refractivity contribution in [3.63, 3.8) is 0 Å². The molecule has 6 N–H and O–H groups in total. The largest absolute Gasteiger partial charge is 0.454 e. The Hall–Kier alpha value is -3.42. The summed E-state index contributed by atoms with van der Waals surface area (Å²) in [5.74, 6) is -1.22. The lowest BCUT2D eigenvalue weighted by Crippen LogP contribution is -2.61. The molecule has 0 radical (unpaired) electrons. The van der Waals surface area contributed by atoms with Crippen molar-refractivity contribution in [2.24, 2.45) is 0 Å². The van der Waals surface area contributed by atoms with E-state index in [1.807, 2.05) is 6.08 Å². The van der Waals surface area contributed by atoms with E-state index in [1.165, 1.54) is 77.0 Å². The third kappa shape index (κ3) is 43.3. The molecule has 11 heteroatoms. The van der Waals surface area contributed by atoms with Crippen molar-refractivity contribution < 1.29 is 49.3 Å². The number of amides is 1. The van der Waals surface area contributed by atoms with Crippen molar-refractivity contribution in [2.75, 3.05) is 13.2 Å². The Labute approximate surface area is 488 Å². The minimum atomic E-state index is -1.63. The lowest BCUT2D eigenvalue weighted by Gasteiger charge is -2.41.